The fourth-order valence-corrected chi connectivity index (χ4v) is 4.01. The number of phenols is 1. The number of rotatable bonds is 2. The van der Waals surface area contributed by atoms with Gasteiger partial charge in [-0.15, -0.1) is 0 Å². The molecule has 2 fully saturated rings. The van der Waals surface area contributed by atoms with Crippen molar-refractivity contribution in [3.63, 3.8) is 0 Å². The Bertz CT molecular complexity index is 435. The van der Waals surface area contributed by atoms with E-state index in [1.165, 1.54) is 38.6 Å². The quantitative estimate of drug-likeness (QED) is 0.895. The third kappa shape index (κ3) is 2.43. The van der Waals surface area contributed by atoms with Gasteiger partial charge in [0.1, 0.15) is 5.75 Å². The lowest BCUT2D eigenvalue weighted by Gasteiger charge is -2.31. The molecule has 0 amide bonds. The standard InChI is InChI=1S/C15H20BrNO/c16-13-5-6-15(18)12(9-13)10-17-8-7-11-3-1-2-4-14(11)17/h5-6,9,11,14,18H,1-4,7-8,10H2. The summed E-state index contributed by atoms with van der Waals surface area (Å²) in [6, 6.07) is 6.49. The molecule has 1 saturated heterocycles. The van der Waals surface area contributed by atoms with Crippen molar-refractivity contribution < 1.29 is 5.11 Å². The Hall–Kier alpha value is -0.540. The Morgan fingerprint density at radius 1 is 1.22 bits per heavy atom. The highest BCUT2D eigenvalue weighted by atomic mass is 79.9. The SMILES string of the molecule is Oc1ccc(Br)cc1CN1CCC2CCCCC21. The van der Waals surface area contributed by atoms with Gasteiger partial charge in [-0.2, -0.15) is 0 Å². The second-order valence-electron chi connectivity index (χ2n) is 5.64. The number of hydrogen-bond donors (Lipinski definition) is 1. The lowest BCUT2D eigenvalue weighted by molar-refractivity contribution is 0.174. The van der Waals surface area contributed by atoms with Gasteiger partial charge in [0.05, 0.1) is 0 Å². The Labute approximate surface area is 117 Å². The Balaban J connectivity index is 1.74. The van der Waals surface area contributed by atoms with E-state index in [0.29, 0.717) is 5.75 Å². The number of aromatic hydroxyl groups is 1. The molecule has 2 unspecified atom stereocenters. The molecule has 1 aliphatic heterocycles. The number of phenolic OH excluding ortho intramolecular Hbond substituents is 1. The average Bonchev–Trinajstić information content (AvgIpc) is 2.78. The third-order valence-corrected chi connectivity index (χ3v) is 5.03. The van der Waals surface area contributed by atoms with Crippen molar-refractivity contribution in [3.05, 3.63) is 28.2 Å². The summed E-state index contributed by atoms with van der Waals surface area (Å²) < 4.78 is 1.05. The van der Waals surface area contributed by atoms with Gasteiger partial charge in [-0.1, -0.05) is 28.8 Å². The van der Waals surface area contributed by atoms with E-state index in [-0.39, 0.29) is 0 Å². The van der Waals surface area contributed by atoms with Gasteiger partial charge in [-0.3, -0.25) is 4.90 Å². The van der Waals surface area contributed by atoms with Crippen LogP contribution in [0.2, 0.25) is 0 Å². The van der Waals surface area contributed by atoms with Crippen LogP contribution in [-0.2, 0) is 6.54 Å². The summed E-state index contributed by atoms with van der Waals surface area (Å²) in [5, 5.41) is 9.94. The molecule has 98 valence electrons. The number of halogens is 1. The summed E-state index contributed by atoms with van der Waals surface area (Å²) in [4.78, 5) is 2.57. The zero-order chi connectivity index (χ0) is 12.5. The van der Waals surface area contributed by atoms with Crippen LogP contribution < -0.4 is 0 Å². The molecular formula is C15H20BrNO. The van der Waals surface area contributed by atoms with Crippen LogP contribution in [0.15, 0.2) is 22.7 Å². The lowest BCUT2D eigenvalue weighted by atomic mass is 9.85. The highest BCUT2D eigenvalue weighted by Crippen LogP contribution is 2.37. The first-order valence-electron chi connectivity index (χ1n) is 6.95. The van der Waals surface area contributed by atoms with Crippen LogP contribution >= 0.6 is 15.9 Å². The molecule has 18 heavy (non-hydrogen) atoms. The predicted octanol–water partition coefficient (Wildman–Crippen LogP) is 3.92. The van der Waals surface area contributed by atoms with Gasteiger partial charge >= 0.3 is 0 Å². The number of hydrogen-bond acceptors (Lipinski definition) is 2. The van der Waals surface area contributed by atoms with E-state index in [1.807, 2.05) is 12.1 Å². The molecule has 1 aromatic rings. The predicted molar refractivity (Wildman–Crippen MR) is 76.6 cm³/mol. The van der Waals surface area contributed by atoms with Crippen LogP contribution in [0.25, 0.3) is 0 Å². The van der Waals surface area contributed by atoms with E-state index in [2.05, 4.69) is 20.8 Å². The second-order valence-corrected chi connectivity index (χ2v) is 6.56. The highest BCUT2D eigenvalue weighted by molar-refractivity contribution is 9.10. The van der Waals surface area contributed by atoms with Gasteiger partial charge in [0, 0.05) is 22.6 Å². The molecule has 1 saturated carbocycles. The van der Waals surface area contributed by atoms with Crippen LogP contribution in [0.3, 0.4) is 0 Å². The summed E-state index contributed by atoms with van der Waals surface area (Å²) in [6.07, 6.45) is 6.89. The maximum atomic E-state index is 9.94. The molecule has 0 radical (unpaired) electrons. The maximum absolute atomic E-state index is 9.94. The van der Waals surface area contributed by atoms with E-state index < -0.39 is 0 Å². The van der Waals surface area contributed by atoms with Gasteiger partial charge < -0.3 is 5.11 Å². The van der Waals surface area contributed by atoms with Crippen molar-refractivity contribution in [3.8, 4) is 5.75 Å². The van der Waals surface area contributed by atoms with Crippen LogP contribution in [0.4, 0.5) is 0 Å². The van der Waals surface area contributed by atoms with Crippen molar-refractivity contribution in [2.24, 2.45) is 5.92 Å². The largest absolute Gasteiger partial charge is 0.508 e. The molecule has 3 heteroatoms. The minimum Gasteiger partial charge on any atom is -0.508 e. The smallest absolute Gasteiger partial charge is 0.120 e. The number of likely N-dealkylation sites (tertiary alicyclic amines) is 1. The summed E-state index contributed by atoms with van der Waals surface area (Å²) in [5.41, 5.74) is 1.05. The first-order chi connectivity index (χ1) is 8.74. The molecule has 1 N–H and O–H groups in total. The van der Waals surface area contributed by atoms with E-state index >= 15 is 0 Å². The van der Waals surface area contributed by atoms with E-state index in [0.717, 1.165) is 28.5 Å². The first kappa shape index (κ1) is 12.5. The zero-order valence-electron chi connectivity index (χ0n) is 10.6. The van der Waals surface area contributed by atoms with Crippen molar-refractivity contribution in [1.82, 2.24) is 4.90 Å². The van der Waals surface area contributed by atoms with Gasteiger partial charge in [0.15, 0.2) is 0 Å². The van der Waals surface area contributed by atoms with E-state index in [4.69, 9.17) is 0 Å². The van der Waals surface area contributed by atoms with Crippen LogP contribution in [0, 0.1) is 5.92 Å². The molecule has 0 aromatic heterocycles. The molecule has 2 nitrogen and oxygen atoms in total. The zero-order valence-corrected chi connectivity index (χ0v) is 12.2. The normalized spacial score (nSPS) is 28.3. The van der Waals surface area contributed by atoms with E-state index in [1.54, 1.807) is 6.07 Å². The van der Waals surface area contributed by atoms with E-state index in [9.17, 15) is 5.11 Å². The van der Waals surface area contributed by atoms with Crippen molar-refractivity contribution in [2.45, 2.75) is 44.7 Å². The van der Waals surface area contributed by atoms with Crippen LogP contribution in [0.1, 0.15) is 37.7 Å². The Kier molecular flexibility index (Phi) is 3.62. The fraction of sp³-hybridized carbons (Fsp3) is 0.600. The summed E-state index contributed by atoms with van der Waals surface area (Å²) in [7, 11) is 0. The number of nitrogens with zero attached hydrogens (tertiary/aromatic N) is 1. The van der Waals surface area contributed by atoms with Crippen molar-refractivity contribution in [1.29, 1.82) is 0 Å². The highest BCUT2D eigenvalue weighted by Gasteiger charge is 2.35. The van der Waals surface area contributed by atoms with Crippen LogP contribution in [0.5, 0.6) is 5.75 Å². The van der Waals surface area contributed by atoms with Gasteiger partial charge in [0.25, 0.3) is 0 Å². The second kappa shape index (κ2) is 5.22. The van der Waals surface area contributed by atoms with Gasteiger partial charge in [-0.25, -0.2) is 0 Å². The van der Waals surface area contributed by atoms with Gasteiger partial charge in [0.2, 0.25) is 0 Å². The average molecular weight is 310 g/mol. The number of benzene rings is 1. The maximum Gasteiger partial charge on any atom is 0.120 e. The van der Waals surface area contributed by atoms with Crippen LogP contribution in [-0.4, -0.2) is 22.6 Å². The summed E-state index contributed by atoms with van der Waals surface area (Å²) in [6.45, 7) is 2.09. The molecule has 2 atom stereocenters. The summed E-state index contributed by atoms with van der Waals surface area (Å²) >= 11 is 3.48. The Morgan fingerprint density at radius 2 is 2.06 bits per heavy atom. The molecule has 1 aliphatic carbocycles. The molecule has 0 bridgehead atoms. The molecule has 2 aliphatic rings. The third-order valence-electron chi connectivity index (χ3n) is 4.54. The van der Waals surface area contributed by atoms with Crippen molar-refractivity contribution >= 4 is 15.9 Å². The number of fused-ring (bicyclic) bond motifs is 1. The van der Waals surface area contributed by atoms with Crippen molar-refractivity contribution in [2.75, 3.05) is 6.54 Å². The van der Waals surface area contributed by atoms with Gasteiger partial charge in [-0.05, 0) is 49.9 Å². The molecule has 3 rings (SSSR count). The summed E-state index contributed by atoms with van der Waals surface area (Å²) in [5.74, 6) is 1.34. The lowest BCUT2D eigenvalue weighted by Crippen LogP contribution is -2.34. The fourth-order valence-electron chi connectivity index (χ4n) is 3.60. The molecule has 0 spiro atoms. The minimum atomic E-state index is 0.428. The Morgan fingerprint density at radius 3 is 2.94 bits per heavy atom. The molecular weight excluding hydrogens is 290 g/mol. The molecule has 1 aromatic carbocycles. The monoisotopic (exact) mass is 309 g/mol. The minimum absolute atomic E-state index is 0.428. The first-order valence-corrected chi connectivity index (χ1v) is 7.75. The topological polar surface area (TPSA) is 23.5 Å². The molecule has 1 heterocycles.